The number of hydrogen-bond donors (Lipinski definition) is 0. The van der Waals surface area contributed by atoms with Crippen molar-refractivity contribution in [1.82, 2.24) is 9.97 Å². The van der Waals surface area contributed by atoms with Gasteiger partial charge < -0.3 is 9.80 Å². The quantitative estimate of drug-likeness (QED) is 0.203. The van der Waals surface area contributed by atoms with E-state index in [0.717, 1.165) is 41.6 Å². The highest BCUT2D eigenvalue weighted by molar-refractivity contribution is 5.93. The van der Waals surface area contributed by atoms with E-state index in [1.165, 1.54) is 44.6 Å². The molecule has 3 atom stereocenters. The fourth-order valence-corrected chi connectivity index (χ4v) is 8.39. The molecule has 2 aliphatic rings. The van der Waals surface area contributed by atoms with Crippen LogP contribution < -0.4 is 9.80 Å². The summed E-state index contributed by atoms with van der Waals surface area (Å²) in [5.41, 5.74) is 12.7. The number of nitrogens with zero attached hydrogens (tertiary/aromatic N) is 4. The molecule has 4 nitrogen and oxygen atoms in total. The molecule has 5 aromatic rings. The number of hydrogen-bond acceptors (Lipinski definition) is 4. The van der Waals surface area contributed by atoms with E-state index in [2.05, 4.69) is 156 Å². The van der Waals surface area contributed by atoms with Crippen molar-refractivity contribution in [3.63, 3.8) is 0 Å². The highest BCUT2D eigenvalue weighted by Crippen LogP contribution is 2.64. The molecule has 4 heteroatoms. The molecule has 3 unspecified atom stereocenters. The predicted molar refractivity (Wildman–Crippen MR) is 189 cm³/mol. The van der Waals surface area contributed by atoms with E-state index in [9.17, 15) is 0 Å². The highest BCUT2D eigenvalue weighted by Gasteiger charge is 2.61. The van der Waals surface area contributed by atoms with E-state index >= 15 is 0 Å². The fraction of sp³-hybridized carbons (Fsp3) is 0.317. The lowest BCUT2D eigenvalue weighted by Crippen LogP contribution is -2.62. The molecular weight excluding hydrogens is 548 g/mol. The molecule has 0 amide bonds. The second-order valence-corrected chi connectivity index (χ2v) is 13.5. The molecule has 0 radical (unpaired) electrons. The van der Waals surface area contributed by atoms with Crippen LogP contribution in [-0.2, 0) is 5.41 Å². The number of fused-ring (bicyclic) bond motifs is 5. The zero-order valence-corrected chi connectivity index (χ0v) is 27.9. The normalized spacial score (nSPS) is 21.8. The minimum absolute atomic E-state index is 0.00113. The van der Waals surface area contributed by atoms with Crippen LogP contribution in [-0.4, -0.2) is 16.1 Å². The molecule has 0 fully saturated rings. The summed E-state index contributed by atoms with van der Waals surface area (Å²) in [4.78, 5) is 16.5. The first kappa shape index (κ1) is 29.3. The maximum Gasteiger partial charge on any atom is 0.179 e. The van der Waals surface area contributed by atoms with Crippen molar-refractivity contribution in [2.75, 3.05) is 9.80 Å². The Morgan fingerprint density at radius 2 is 1.07 bits per heavy atom. The van der Waals surface area contributed by atoms with Gasteiger partial charge in [0.05, 0.1) is 11.4 Å². The van der Waals surface area contributed by atoms with Crippen LogP contribution >= 0.6 is 0 Å². The average Bonchev–Trinajstić information content (AvgIpc) is 3.38. The first-order valence-corrected chi connectivity index (χ1v) is 16.4. The van der Waals surface area contributed by atoms with Crippen LogP contribution in [0.2, 0.25) is 0 Å². The molecule has 0 spiro atoms. The van der Waals surface area contributed by atoms with Crippen LogP contribution in [0.25, 0.3) is 22.5 Å². The lowest BCUT2D eigenvalue weighted by atomic mass is 9.55. The van der Waals surface area contributed by atoms with Crippen LogP contribution in [0.4, 0.5) is 23.0 Å². The van der Waals surface area contributed by atoms with Gasteiger partial charge in [0.15, 0.2) is 11.6 Å². The third-order valence-electron chi connectivity index (χ3n) is 11.3. The fourth-order valence-electron chi connectivity index (χ4n) is 8.39. The Hall–Kier alpha value is -4.44. The van der Waals surface area contributed by atoms with E-state index in [0.29, 0.717) is 0 Å². The number of anilines is 4. The van der Waals surface area contributed by atoms with Crippen LogP contribution in [0.5, 0.6) is 0 Å². The van der Waals surface area contributed by atoms with Gasteiger partial charge >= 0.3 is 0 Å². The largest absolute Gasteiger partial charge is 0.301 e. The number of aryl methyl sites for hydroxylation is 4. The minimum atomic E-state index is -0.119. The Balaban J connectivity index is 1.64. The van der Waals surface area contributed by atoms with E-state index in [4.69, 9.17) is 9.97 Å². The van der Waals surface area contributed by atoms with Crippen molar-refractivity contribution in [3.05, 3.63) is 119 Å². The second kappa shape index (κ2) is 10.6. The average molecular weight is 593 g/mol. The molecule has 0 N–H and O–H groups in total. The molecule has 7 rings (SSSR count). The number of rotatable bonds is 5. The van der Waals surface area contributed by atoms with Gasteiger partial charge in [0.1, 0.15) is 6.17 Å². The molecule has 0 aliphatic carbocycles. The summed E-state index contributed by atoms with van der Waals surface area (Å²) in [6.45, 7) is 18.5. The molecule has 45 heavy (non-hydrogen) atoms. The van der Waals surface area contributed by atoms with Gasteiger partial charge in [-0.05, 0) is 86.6 Å². The Labute approximate surface area is 268 Å². The Morgan fingerprint density at radius 1 is 0.578 bits per heavy atom. The molecule has 1 aromatic heterocycles. The molecule has 0 saturated carbocycles. The highest BCUT2D eigenvalue weighted by atomic mass is 15.5. The van der Waals surface area contributed by atoms with E-state index in [1.54, 1.807) is 0 Å². The minimum Gasteiger partial charge on any atom is -0.301 e. The third kappa shape index (κ3) is 4.04. The van der Waals surface area contributed by atoms with Gasteiger partial charge in [-0.25, -0.2) is 9.97 Å². The van der Waals surface area contributed by atoms with Gasteiger partial charge in [-0.15, -0.1) is 0 Å². The number of benzene rings is 4. The number of aromatic nitrogens is 2. The maximum atomic E-state index is 5.76. The summed E-state index contributed by atoms with van der Waals surface area (Å²) in [6.07, 6.45) is 2.05. The zero-order chi connectivity index (χ0) is 31.7. The summed E-state index contributed by atoms with van der Waals surface area (Å²) in [5, 5.41) is 0. The lowest BCUT2D eigenvalue weighted by molar-refractivity contribution is 0.0963. The van der Waals surface area contributed by atoms with Crippen LogP contribution in [0.3, 0.4) is 0 Å². The first-order valence-electron chi connectivity index (χ1n) is 16.4. The Bertz CT molecular complexity index is 1890. The lowest BCUT2D eigenvalue weighted by Gasteiger charge is -2.58. The van der Waals surface area contributed by atoms with E-state index in [1.807, 2.05) is 0 Å². The summed E-state index contributed by atoms with van der Waals surface area (Å²) in [7, 11) is 0. The predicted octanol–water partition coefficient (Wildman–Crippen LogP) is 10.8. The third-order valence-corrected chi connectivity index (χ3v) is 11.3. The molecule has 4 aromatic carbocycles. The van der Waals surface area contributed by atoms with Crippen molar-refractivity contribution in [2.24, 2.45) is 5.41 Å². The van der Waals surface area contributed by atoms with Gasteiger partial charge in [0, 0.05) is 33.3 Å². The monoisotopic (exact) mass is 592 g/mol. The van der Waals surface area contributed by atoms with Gasteiger partial charge in [0.2, 0.25) is 0 Å². The van der Waals surface area contributed by atoms with Gasteiger partial charge in [0.25, 0.3) is 0 Å². The van der Waals surface area contributed by atoms with Gasteiger partial charge in [-0.2, -0.15) is 0 Å². The standard InChI is InChI=1S/C41H44N4/c1-9-40(7)31-24-14-15-25-32(31)45-38-37(44(30-22-12-11-13-23-30)39(45)41(40,8)10-2)42-35(33-26(3)18-16-19-27(33)4)36(43-38)34-28(5)20-17-21-29(34)6/h11-25,39H,9-10H2,1-8H3. The Kier molecular flexibility index (Phi) is 6.88. The molecule has 228 valence electrons. The van der Waals surface area contributed by atoms with Crippen LogP contribution in [0, 0.1) is 33.1 Å². The van der Waals surface area contributed by atoms with Crippen molar-refractivity contribution < 1.29 is 0 Å². The Morgan fingerprint density at radius 3 is 1.58 bits per heavy atom. The molecular formula is C41H44N4. The number of para-hydroxylation sites is 2. The summed E-state index contributed by atoms with van der Waals surface area (Å²) >= 11 is 0. The van der Waals surface area contributed by atoms with Crippen molar-refractivity contribution in [2.45, 2.75) is 79.8 Å². The van der Waals surface area contributed by atoms with Crippen LogP contribution in [0.15, 0.2) is 91.0 Å². The molecule has 0 bridgehead atoms. The maximum absolute atomic E-state index is 5.76. The second-order valence-electron chi connectivity index (χ2n) is 13.5. The van der Waals surface area contributed by atoms with E-state index < -0.39 is 0 Å². The van der Waals surface area contributed by atoms with Crippen molar-refractivity contribution in [3.8, 4) is 22.5 Å². The SMILES string of the molecule is CCC1(C)c2ccccc2N2c3nc(-c4c(C)cccc4C)c(-c4c(C)cccc4C)nc3N(c3ccccc3)C2C1(C)CC. The first-order chi connectivity index (χ1) is 21.7. The summed E-state index contributed by atoms with van der Waals surface area (Å²) in [5.74, 6) is 1.86. The van der Waals surface area contributed by atoms with Crippen molar-refractivity contribution >= 4 is 23.0 Å². The molecule has 2 aliphatic heterocycles. The zero-order valence-electron chi connectivity index (χ0n) is 27.9. The van der Waals surface area contributed by atoms with Gasteiger partial charge in [-0.1, -0.05) is 100 Å². The van der Waals surface area contributed by atoms with Gasteiger partial charge in [-0.3, -0.25) is 0 Å². The summed E-state index contributed by atoms with van der Waals surface area (Å²) in [6, 6.07) is 32.9. The topological polar surface area (TPSA) is 32.3 Å². The van der Waals surface area contributed by atoms with Crippen molar-refractivity contribution in [1.29, 1.82) is 0 Å². The smallest absolute Gasteiger partial charge is 0.179 e. The summed E-state index contributed by atoms with van der Waals surface area (Å²) < 4.78 is 0. The van der Waals surface area contributed by atoms with Crippen LogP contribution in [0.1, 0.15) is 68.4 Å². The molecule has 0 saturated heterocycles. The van der Waals surface area contributed by atoms with E-state index in [-0.39, 0.29) is 17.0 Å². The molecule has 3 heterocycles.